The van der Waals surface area contributed by atoms with Crippen molar-refractivity contribution in [2.75, 3.05) is 11.1 Å². The molecule has 2 rings (SSSR count). The monoisotopic (exact) mass is 239 g/mol. The number of halogens is 2. The van der Waals surface area contributed by atoms with Crippen molar-refractivity contribution in [3.63, 3.8) is 0 Å². The normalized spacial score (nSPS) is 10.2. The van der Waals surface area contributed by atoms with Gasteiger partial charge in [0.25, 0.3) is 5.91 Å². The van der Waals surface area contributed by atoms with Crippen LogP contribution in [0.25, 0.3) is 0 Å². The topological polar surface area (TPSA) is 81.2 Å². The molecule has 0 aliphatic carbocycles. The second-order valence-electron chi connectivity index (χ2n) is 3.19. The second-order valence-corrected chi connectivity index (χ2v) is 3.19. The van der Waals surface area contributed by atoms with Gasteiger partial charge in [-0.15, -0.1) is 0 Å². The van der Waals surface area contributed by atoms with Crippen molar-refractivity contribution in [2.45, 2.75) is 0 Å². The van der Waals surface area contributed by atoms with Crippen LogP contribution in [-0.2, 0) is 0 Å². The molecule has 0 radical (unpaired) electrons. The summed E-state index contributed by atoms with van der Waals surface area (Å²) in [6.45, 7) is 0. The predicted molar refractivity (Wildman–Crippen MR) is 55.2 cm³/mol. The molecular weight excluding hydrogens is 232 g/mol. The van der Waals surface area contributed by atoms with Crippen molar-refractivity contribution in [1.29, 1.82) is 0 Å². The number of nitrogens with one attached hydrogen (secondary N) is 1. The molecule has 0 aliphatic heterocycles. The van der Waals surface area contributed by atoms with E-state index < -0.39 is 23.2 Å². The number of benzene rings is 1. The summed E-state index contributed by atoms with van der Waals surface area (Å²) < 4.78 is 30.7. The molecule has 0 saturated heterocycles. The molecule has 1 heterocycles. The van der Waals surface area contributed by atoms with Crippen molar-refractivity contribution >= 4 is 17.4 Å². The summed E-state index contributed by atoms with van der Waals surface area (Å²) in [6, 6.07) is 3.07. The number of rotatable bonds is 2. The Kier molecular flexibility index (Phi) is 2.73. The first-order chi connectivity index (χ1) is 8.08. The number of nitrogen functional groups attached to an aromatic ring is 1. The lowest BCUT2D eigenvalue weighted by Crippen LogP contribution is -2.13. The first-order valence-electron chi connectivity index (χ1n) is 4.54. The number of hydrogen-bond donors (Lipinski definition) is 2. The Balaban J connectivity index is 2.26. The number of hydrogen-bond acceptors (Lipinski definition) is 4. The molecule has 0 bridgehead atoms. The lowest BCUT2D eigenvalue weighted by molar-refractivity contribution is 0.102. The standard InChI is InChI=1S/C10H7F2N3O2/c11-6-3-5(4-7(12)9(6)13)10(16)14-8-1-2-17-15-8/h1-4H,13H2,(H,14,15,16). The SMILES string of the molecule is Nc1c(F)cc(C(=O)Nc2ccon2)cc1F. The second kappa shape index (κ2) is 4.20. The van der Waals surface area contributed by atoms with E-state index in [1.54, 1.807) is 0 Å². The van der Waals surface area contributed by atoms with Gasteiger partial charge in [-0.25, -0.2) is 8.78 Å². The minimum atomic E-state index is -0.990. The lowest BCUT2D eigenvalue weighted by Gasteiger charge is -2.04. The van der Waals surface area contributed by atoms with Gasteiger partial charge in [-0.3, -0.25) is 4.79 Å². The van der Waals surface area contributed by atoms with E-state index in [0.29, 0.717) is 0 Å². The minimum absolute atomic E-state index is 0.146. The fraction of sp³-hybridized carbons (Fsp3) is 0. The van der Waals surface area contributed by atoms with Crippen molar-refractivity contribution in [1.82, 2.24) is 5.16 Å². The van der Waals surface area contributed by atoms with Gasteiger partial charge in [0.05, 0.1) is 0 Å². The summed E-state index contributed by atoms with van der Waals surface area (Å²) >= 11 is 0. The summed E-state index contributed by atoms with van der Waals surface area (Å²) in [5.74, 6) is -2.55. The molecule has 0 saturated carbocycles. The molecule has 17 heavy (non-hydrogen) atoms. The number of nitrogens with two attached hydrogens (primary N) is 1. The molecule has 5 nitrogen and oxygen atoms in total. The molecule has 0 spiro atoms. The summed E-state index contributed by atoms with van der Waals surface area (Å²) in [4.78, 5) is 11.6. The molecule has 0 unspecified atom stereocenters. The zero-order valence-corrected chi connectivity index (χ0v) is 8.41. The predicted octanol–water partition coefficient (Wildman–Crippen LogP) is 1.79. The molecule has 88 valence electrons. The van der Waals surface area contributed by atoms with Gasteiger partial charge in [0.1, 0.15) is 23.6 Å². The number of amides is 1. The number of carbonyl (C=O) groups is 1. The zero-order chi connectivity index (χ0) is 12.4. The quantitative estimate of drug-likeness (QED) is 0.783. The Labute approximate surface area is 94.2 Å². The van der Waals surface area contributed by atoms with Crippen LogP contribution >= 0.6 is 0 Å². The summed E-state index contributed by atoms with van der Waals surface area (Å²) in [6.07, 6.45) is 1.25. The number of nitrogens with zero attached hydrogens (tertiary/aromatic N) is 1. The molecule has 1 aromatic heterocycles. The van der Waals surface area contributed by atoms with Crippen molar-refractivity contribution in [2.24, 2.45) is 0 Å². The van der Waals surface area contributed by atoms with Crippen molar-refractivity contribution in [3.05, 3.63) is 41.7 Å². The van der Waals surface area contributed by atoms with Gasteiger partial charge < -0.3 is 15.6 Å². The molecule has 3 N–H and O–H groups in total. The largest absolute Gasteiger partial charge is 0.394 e. The molecule has 1 amide bonds. The van der Waals surface area contributed by atoms with Crippen LogP contribution in [0.4, 0.5) is 20.3 Å². The fourth-order valence-corrected chi connectivity index (χ4v) is 1.18. The first kappa shape index (κ1) is 11.1. The molecule has 0 atom stereocenters. The highest BCUT2D eigenvalue weighted by Gasteiger charge is 2.13. The van der Waals surface area contributed by atoms with Crippen LogP contribution in [0.5, 0.6) is 0 Å². The van der Waals surface area contributed by atoms with E-state index in [1.165, 1.54) is 12.3 Å². The third-order valence-corrected chi connectivity index (χ3v) is 2.02. The maximum Gasteiger partial charge on any atom is 0.257 e. The Hall–Kier alpha value is -2.44. The fourth-order valence-electron chi connectivity index (χ4n) is 1.18. The third kappa shape index (κ3) is 2.22. The van der Waals surface area contributed by atoms with E-state index in [1.807, 2.05) is 0 Å². The number of aromatic nitrogens is 1. The van der Waals surface area contributed by atoms with Gasteiger partial charge >= 0.3 is 0 Å². The number of anilines is 2. The van der Waals surface area contributed by atoms with Crippen LogP contribution < -0.4 is 11.1 Å². The summed E-state index contributed by atoms with van der Waals surface area (Å²) in [7, 11) is 0. The van der Waals surface area contributed by atoms with Gasteiger partial charge in [0, 0.05) is 11.6 Å². The smallest absolute Gasteiger partial charge is 0.257 e. The molecule has 1 aromatic carbocycles. The van der Waals surface area contributed by atoms with E-state index in [2.05, 4.69) is 15.0 Å². The maximum atomic E-state index is 13.1. The van der Waals surface area contributed by atoms with Gasteiger partial charge in [0.2, 0.25) is 0 Å². The van der Waals surface area contributed by atoms with Crippen LogP contribution in [0.15, 0.2) is 29.0 Å². The summed E-state index contributed by atoms with van der Waals surface area (Å²) in [5.41, 5.74) is 4.26. The van der Waals surface area contributed by atoms with Crippen LogP contribution in [0.3, 0.4) is 0 Å². The molecule has 7 heteroatoms. The average molecular weight is 239 g/mol. The van der Waals surface area contributed by atoms with Gasteiger partial charge in [-0.2, -0.15) is 0 Å². The van der Waals surface area contributed by atoms with Crippen LogP contribution in [0.2, 0.25) is 0 Å². The van der Waals surface area contributed by atoms with E-state index in [0.717, 1.165) is 12.1 Å². The molecule has 0 aliphatic rings. The average Bonchev–Trinajstić information content (AvgIpc) is 2.77. The Morgan fingerprint density at radius 1 is 1.35 bits per heavy atom. The maximum absolute atomic E-state index is 13.1. The third-order valence-electron chi connectivity index (χ3n) is 2.02. The van der Waals surface area contributed by atoms with E-state index >= 15 is 0 Å². The van der Waals surface area contributed by atoms with E-state index in [4.69, 9.17) is 5.73 Å². The van der Waals surface area contributed by atoms with Gasteiger partial charge in [-0.1, -0.05) is 5.16 Å². The highest BCUT2D eigenvalue weighted by atomic mass is 19.1. The minimum Gasteiger partial charge on any atom is -0.394 e. The van der Waals surface area contributed by atoms with E-state index in [-0.39, 0.29) is 11.4 Å². The molecule has 0 fully saturated rings. The van der Waals surface area contributed by atoms with E-state index in [9.17, 15) is 13.6 Å². The molecular formula is C10H7F2N3O2. The van der Waals surface area contributed by atoms with Gasteiger partial charge in [-0.05, 0) is 12.1 Å². The number of carbonyl (C=O) groups excluding carboxylic acids is 1. The summed E-state index contributed by atoms with van der Waals surface area (Å²) in [5, 5.41) is 5.72. The first-order valence-corrected chi connectivity index (χ1v) is 4.54. The highest BCUT2D eigenvalue weighted by Crippen LogP contribution is 2.18. The Morgan fingerprint density at radius 2 is 2.00 bits per heavy atom. The van der Waals surface area contributed by atoms with Crippen LogP contribution in [0, 0.1) is 11.6 Å². The van der Waals surface area contributed by atoms with Crippen LogP contribution in [-0.4, -0.2) is 11.1 Å². The lowest BCUT2D eigenvalue weighted by atomic mass is 10.1. The van der Waals surface area contributed by atoms with Crippen molar-refractivity contribution < 1.29 is 18.1 Å². The van der Waals surface area contributed by atoms with Crippen LogP contribution in [0.1, 0.15) is 10.4 Å². The highest BCUT2D eigenvalue weighted by molar-refractivity contribution is 6.03. The Bertz CT molecular complexity index is 532. The zero-order valence-electron chi connectivity index (χ0n) is 8.41. The molecule has 2 aromatic rings. The van der Waals surface area contributed by atoms with Gasteiger partial charge in [0.15, 0.2) is 5.82 Å². The van der Waals surface area contributed by atoms with Crippen molar-refractivity contribution in [3.8, 4) is 0 Å². The Morgan fingerprint density at radius 3 is 2.53 bits per heavy atom.